The average molecular weight is 411 g/mol. The summed E-state index contributed by atoms with van der Waals surface area (Å²) in [5.74, 6) is 0.0122. The molecule has 1 N–H and O–H groups in total. The van der Waals surface area contributed by atoms with Gasteiger partial charge < -0.3 is 9.88 Å². The van der Waals surface area contributed by atoms with E-state index in [2.05, 4.69) is 15.5 Å². The highest BCUT2D eigenvalue weighted by molar-refractivity contribution is 7.99. The third-order valence-electron chi connectivity index (χ3n) is 3.47. The van der Waals surface area contributed by atoms with Gasteiger partial charge in [0.15, 0.2) is 11.0 Å². The Morgan fingerprint density at radius 1 is 1.19 bits per heavy atom. The number of thioether (sulfide) groups is 1. The summed E-state index contributed by atoms with van der Waals surface area (Å²) in [7, 11) is 1.82. The number of carbonyl (C=O) groups is 1. The van der Waals surface area contributed by atoms with Crippen LogP contribution in [0.1, 0.15) is 0 Å². The number of rotatable bonds is 5. The lowest BCUT2D eigenvalue weighted by atomic mass is 10.2. The molecule has 2 aromatic carbocycles. The number of hydrogen-bond acceptors (Lipinski definition) is 4. The molecule has 1 aromatic heterocycles. The van der Waals surface area contributed by atoms with Crippen LogP contribution in [-0.4, -0.2) is 26.4 Å². The van der Waals surface area contributed by atoms with Gasteiger partial charge >= 0.3 is 0 Å². The zero-order chi connectivity index (χ0) is 18.7. The molecular formula is C17H13Cl2FN4OS. The number of aromatic nitrogens is 3. The van der Waals surface area contributed by atoms with E-state index in [-0.39, 0.29) is 16.7 Å². The first kappa shape index (κ1) is 18.7. The molecule has 0 spiro atoms. The molecule has 0 unspecified atom stereocenters. The van der Waals surface area contributed by atoms with E-state index in [0.717, 1.165) is 5.56 Å². The number of amides is 1. The minimum Gasteiger partial charge on any atom is -0.325 e. The van der Waals surface area contributed by atoms with Crippen molar-refractivity contribution in [1.29, 1.82) is 0 Å². The van der Waals surface area contributed by atoms with E-state index in [1.807, 2.05) is 19.2 Å². The van der Waals surface area contributed by atoms with Crippen LogP contribution < -0.4 is 5.32 Å². The van der Waals surface area contributed by atoms with Crippen molar-refractivity contribution in [3.63, 3.8) is 0 Å². The number of hydrogen-bond donors (Lipinski definition) is 1. The van der Waals surface area contributed by atoms with E-state index in [1.165, 1.54) is 30.0 Å². The highest BCUT2D eigenvalue weighted by Crippen LogP contribution is 2.24. The minimum atomic E-state index is -0.534. The molecule has 0 saturated carbocycles. The fraction of sp³-hybridized carbons (Fsp3) is 0.118. The SMILES string of the molecule is Cn1c(SCC(=O)Nc2ccc(F)c(Cl)c2)nnc1-c1ccc(Cl)cc1. The Hall–Kier alpha value is -2.09. The molecule has 26 heavy (non-hydrogen) atoms. The van der Waals surface area contributed by atoms with Gasteiger partial charge in [-0.2, -0.15) is 0 Å². The lowest BCUT2D eigenvalue weighted by Gasteiger charge is -2.06. The van der Waals surface area contributed by atoms with Gasteiger partial charge in [-0.15, -0.1) is 10.2 Å². The normalized spacial score (nSPS) is 10.8. The third kappa shape index (κ3) is 4.35. The fourth-order valence-corrected chi connectivity index (χ4v) is 3.21. The number of carbonyl (C=O) groups excluding carboxylic acids is 1. The smallest absolute Gasteiger partial charge is 0.234 e. The Kier molecular flexibility index (Phi) is 5.80. The topological polar surface area (TPSA) is 59.8 Å². The van der Waals surface area contributed by atoms with Crippen molar-refractivity contribution >= 4 is 46.6 Å². The fourth-order valence-electron chi connectivity index (χ4n) is 2.19. The molecule has 5 nitrogen and oxygen atoms in total. The molecule has 0 aliphatic rings. The molecule has 0 radical (unpaired) electrons. The van der Waals surface area contributed by atoms with Crippen LogP contribution in [-0.2, 0) is 11.8 Å². The van der Waals surface area contributed by atoms with E-state index < -0.39 is 5.82 Å². The average Bonchev–Trinajstić information content (AvgIpc) is 2.98. The van der Waals surface area contributed by atoms with Crippen LogP contribution >= 0.6 is 35.0 Å². The number of anilines is 1. The van der Waals surface area contributed by atoms with Crippen molar-refractivity contribution in [2.75, 3.05) is 11.1 Å². The maximum atomic E-state index is 13.1. The number of benzene rings is 2. The molecule has 3 rings (SSSR count). The lowest BCUT2D eigenvalue weighted by Crippen LogP contribution is -2.14. The van der Waals surface area contributed by atoms with E-state index >= 15 is 0 Å². The van der Waals surface area contributed by atoms with Gasteiger partial charge in [-0.1, -0.05) is 35.0 Å². The summed E-state index contributed by atoms with van der Waals surface area (Å²) in [6.45, 7) is 0. The predicted molar refractivity (Wildman–Crippen MR) is 102 cm³/mol. The van der Waals surface area contributed by atoms with Crippen molar-refractivity contribution < 1.29 is 9.18 Å². The van der Waals surface area contributed by atoms with Crippen molar-refractivity contribution in [1.82, 2.24) is 14.8 Å². The summed E-state index contributed by atoms with van der Waals surface area (Å²) in [6.07, 6.45) is 0. The Bertz CT molecular complexity index is 946. The summed E-state index contributed by atoms with van der Waals surface area (Å²) in [6, 6.07) is 11.3. The van der Waals surface area contributed by atoms with E-state index in [4.69, 9.17) is 23.2 Å². The molecule has 1 amide bonds. The van der Waals surface area contributed by atoms with E-state index in [9.17, 15) is 9.18 Å². The second kappa shape index (κ2) is 8.07. The van der Waals surface area contributed by atoms with Gasteiger partial charge in [-0.25, -0.2) is 4.39 Å². The molecule has 9 heteroatoms. The molecular weight excluding hydrogens is 398 g/mol. The monoisotopic (exact) mass is 410 g/mol. The Morgan fingerprint density at radius 2 is 1.92 bits per heavy atom. The second-order valence-corrected chi connectivity index (χ2v) is 7.12. The zero-order valence-electron chi connectivity index (χ0n) is 13.5. The summed E-state index contributed by atoms with van der Waals surface area (Å²) in [5.41, 5.74) is 1.31. The van der Waals surface area contributed by atoms with Crippen LogP contribution in [0, 0.1) is 5.82 Å². The lowest BCUT2D eigenvalue weighted by molar-refractivity contribution is -0.113. The molecule has 0 fully saturated rings. The molecule has 1 heterocycles. The highest BCUT2D eigenvalue weighted by Gasteiger charge is 2.13. The van der Waals surface area contributed by atoms with Crippen LogP contribution in [0.5, 0.6) is 0 Å². The van der Waals surface area contributed by atoms with Crippen LogP contribution in [0.15, 0.2) is 47.6 Å². The maximum Gasteiger partial charge on any atom is 0.234 e. The number of nitrogens with zero attached hydrogens (tertiary/aromatic N) is 3. The quantitative estimate of drug-likeness (QED) is 0.621. The van der Waals surface area contributed by atoms with Gasteiger partial charge in [0.2, 0.25) is 5.91 Å². The summed E-state index contributed by atoms with van der Waals surface area (Å²) < 4.78 is 14.9. The highest BCUT2D eigenvalue weighted by atomic mass is 35.5. The van der Waals surface area contributed by atoms with Gasteiger partial charge in [-0.3, -0.25) is 4.79 Å². The van der Waals surface area contributed by atoms with Crippen molar-refractivity contribution in [2.24, 2.45) is 7.05 Å². The molecule has 3 aromatic rings. The van der Waals surface area contributed by atoms with Gasteiger partial charge in [0.05, 0.1) is 10.8 Å². The van der Waals surface area contributed by atoms with Crippen molar-refractivity contribution in [3.05, 3.63) is 58.3 Å². The first-order valence-electron chi connectivity index (χ1n) is 7.47. The van der Waals surface area contributed by atoms with E-state index in [1.54, 1.807) is 16.7 Å². The van der Waals surface area contributed by atoms with Crippen LogP contribution in [0.4, 0.5) is 10.1 Å². The first-order valence-corrected chi connectivity index (χ1v) is 9.21. The molecule has 134 valence electrons. The minimum absolute atomic E-state index is 0.0450. The van der Waals surface area contributed by atoms with Crippen LogP contribution in [0.2, 0.25) is 10.0 Å². The van der Waals surface area contributed by atoms with Gasteiger partial charge in [0, 0.05) is 23.3 Å². The standard InChI is InChI=1S/C17H13Cl2FN4OS/c1-24-16(10-2-4-11(18)5-3-10)22-23-17(24)26-9-15(25)21-12-6-7-14(20)13(19)8-12/h2-8H,9H2,1H3,(H,21,25). The zero-order valence-corrected chi connectivity index (χ0v) is 15.9. The largest absolute Gasteiger partial charge is 0.325 e. The number of halogens is 3. The van der Waals surface area contributed by atoms with Gasteiger partial charge in [-0.05, 0) is 42.5 Å². The molecule has 0 saturated heterocycles. The van der Waals surface area contributed by atoms with Gasteiger partial charge in [0.25, 0.3) is 0 Å². The summed E-state index contributed by atoms with van der Waals surface area (Å²) in [5, 5.41) is 12.1. The number of nitrogens with one attached hydrogen (secondary N) is 1. The Labute approximate surface area is 163 Å². The molecule has 0 bridgehead atoms. The predicted octanol–water partition coefficient (Wildman–Crippen LogP) is 4.66. The second-order valence-electron chi connectivity index (χ2n) is 5.34. The van der Waals surface area contributed by atoms with Crippen LogP contribution in [0.25, 0.3) is 11.4 Å². The maximum absolute atomic E-state index is 13.1. The first-order chi connectivity index (χ1) is 12.4. The van der Waals surface area contributed by atoms with Crippen molar-refractivity contribution in [3.8, 4) is 11.4 Å². The molecule has 0 aliphatic carbocycles. The molecule has 0 atom stereocenters. The summed E-state index contributed by atoms with van der Waals surface area (Å²) in [4.78, 5) is 12.1. The van der Waals surface area contributed by atoms with E-state index in [0.29, 0.717) is 21.7 Å². The Balaban J connectivity index is 1.63. The van der Waals surface area contributed by atoms with Gasteiger partial charge in [0.1, 0.15) is 5.82 Å². The van der Waals surface area contributed by atoms with Crippen molar-refractivity contribution in [2.45, 2.75) is 5.16 Å². The van der Waals surface area contributed by atoms with Crippen LogP contribution in [0.3, 0.4) is 0 Å². The third-order valence-corrected chi connectivity index (χ3v) is 5.03. The summed E-state index contributed by atoms with van der Waals surface area (Å²) >= 11 is 12.8. The Morgan fingerprint density at radius 3 is 2.62 bits per heavy atom. The molecule has 0 aliphatic heterocycles.